The number of hydrogen-bond acceptors (Lipinski definition) is 2. The van der Waals surface area contributed by atoms with Gasteiger partial charge in [-0.3, -0.25) is 4.99 Å². The van der Waals surface area contributed by atoms with Gasteiger partial charge in [0.05, 0.1) is 0 Å². The average molecular weight is 324 g/mol. The van der Waals surface area contributed by atoms with Crippen LogP contribution >= 0.6 is 11.6 Å². The standard InChI is InChI=1S/C17H26ClN3O/c1-19-16(20-12-14-4-6-15(18)7-5-14)21-13-17(8-3-9-17)10-11-22-2/h4-7H,3,8-13H2,1-2H3,(H2,19,20,21). The van der Waals surface area contributed by atoms with Crippen molar-refractivity contribution in [2.24, 2.45) is 10.4 Å². The van der Waals surface area contributed by atoms with E-state index in [1.54, 1.807) is 14.2 Å². The summed E-state index contributed by atoms with van der Waals surface area (Å²) in [4.78, 5) is 4.30. The topological polar surface area (TPSA) is 45.7 Å². The van der Waals surface area contributed by atoms with Crippen molar-refractivity contribution in [3.63, 3.8) is 0 Å². The molecule has 0 radical (unpaired) electrons. The van der Waals surface area contributed by atoms with Crippen molar-refractivity contribution in [3.8, 4) is 0 Å². The van der Waals surface area contributed by atoms with E-state index >= 15 is 0 Å². The van der Waals surface area contributed by atoms with E-state index in [2.05, 4.69) is 15.6 Å². The molecule has 1 aromatic rings. The molecule has 1 fully saturated rings. The lowest BCUT2D eigenvalue weighted by Gasteiger charge is -2.42. The number of aliphatic imine (C=N–C) groups is 1. The molecule has 2 rings (SSSR count). The maximum atomic E-state index is 5.90. The number of hydrogen-bond donors (Lipinski definition) is 2. The smallest absolute Gasteiger partial charge is 0.191 e. The van der Waals surface area contributed by atoms with Crippen LogP contribution in [0.3, 0.4) is 0 Å². The third kappa shape index (κ3) is 4.89. The Bertz CT molecular complexity index is 483. The molecule has 122 valence electrons. The highest BCUT2D eigenvalue weighted by atomic mass is 35.5. The van der Waals surface area contributed by atoms with Crippen molar-refractivity contribution in [3.05, 3.63) is 34.9 Å². The number of benzene rings is 1. The summed E-state index contributed by atoms with van der Waals surface area (Å²) in [5.41, 5.74) is 1.57. The van der Waals surface area contributed by atoms with Gasteiger partial charge < -0.3 is 15.4 Å². The average Bonchev–Trinajstić information content (AvgIpc) is 2.50. The predicted molar refractivity (Wildman–Crippen MR) is 92.4 cm³/mol. The van der Waals surface area contributed by atoms with Gasteiger partial charge in [0.1, 0.15) is 0 Å². The third-order valence-corrected chi connectivity index (χ3v) is 4.73. The second-order valence-corrected chi connectivity index (χ2v) is 6.44. The first-order valence-corrected chi connectivity index (χ1v) is 8.23. The number of rotatable bonds is 7. The number of nitrogens with one attached hydrogen (secondary N) is 2. The Morgan fingerprint density at radius 3 is 2.55 bits per heavy atom. The lowest BCUT2D eigenvalue weighted by atomic mass is 9.67. The summed E-state index contributed by atoms with van der Waals surface area (Å²) in [6, 6.07) is 7.86. The van der Waals surface area contributed by atoms with E-state index in [1.165, 1.54) is 24.8 Å². The lowest BCUT2D eigenvalue weighted by molar-refractivity contribution is 0.0732. The molecule has 0 spiro atoms. The fourth-order valence-electron chi connectivity index (χ4n) is 2.79. The van der Waals surface area contributed by atoms with Crippen LogP contribution in [0, 0.1) is 5.41 Å². The largest absolute Gasteiger partial charge is 0.385 e. The molecular formula is C17H26ClN3O. The molecule has 0 aliphatic heterocycles. The van der Waals surface area contributed by atoms with Gasteiger partial charge in [0.2, 0.25) is 0 Å². The SMILES string of the molecule is CN=C(NCc1ccc(Cl)cc1)NCC1(CCOC)CCC1. The summed E-state index contributed by atoms with van der Waals surface area (Å²) in [5, 5.41) is 7.57. The van der Waals surface area contributed by atoms with E-state index in [1.807, 2.05) is 24.3 Å². The van der Waals surface area contributed by atoms with Crippen LogP contribution in [0.1, 0.15) is 31.2 Å². The normalized spacial score (nSPS) is 17.0. The molecular weight excluding hydrogens is 298 g/mol. The van der Waals surface area contributed by atoms with Crippen molar-refractivity contribution < 1.29 is 4.74 Å². The van der Waals surface area contributed by atoms with Crippen LogP contribution in [0.25, 0.3) is 0 Å². The second kappa shape index (κ2) is 8.39. The maximum Gasteiger partial charge on any atom is 0.191 e. The Morgan fingerprint density at radius 2 is 2.00 bits per heavy atom. The van der Waals surface area contributed by atoms with Crippen LogP contribution in [0.4, 0.5) is 0 Å². The van der Waals surface area contributed by atoms with Crippen LogP contribution in [-0.2, 0) is 11.3 Å². The molecule has 0 atom stereocenters. The summed E-state index contributed by atoms with van der Waals surface area (Å²) in [7, 11) is 3.58. The molecule has 0 bridgehead atoms. The number of methoxy groups -OCH3 is 1. The Kier molecular flexibility index (Phi) is 6.52. The van der Waals surface area contributed by atoms with Crippen molar-refractivity contribution in [1.82, 2.24) is 10.6 Å². The monoisotopic (exact) mass is 323 g/mol. The molecule has 1 saturated carbocycles. The van der Waals surface area contributed by atoms with Gasteiger partial charge in [-0.2, -0.15) is 0 Å². The minimum atomic E-state index is 0.383. The summed E-state index contributed by atoms with van der Waals surface area (Å²) >= 11 is 5.90. The summed E-state index contributed by atoms with van der Waals surface area (Å²) < 4.78 is 5.24. The first-order valence-electron chi connectivity index (χ1n) is 7.85. The van der Waals surface area contributed by atoms with Gasteiger partial charge in [-0.1, -0.05) is 30.2 Å². The van der Waals surface area contributed by atoms with Crippen molar-refractivity contribution >= 4 is 17.6 Å². The molecule has 0 aromatic heterocycles. The zero-order chi connectivity index (χ0) is 15.8. The van der Waals surface area contributed by atoms with Crippen LogP contribution in [-0.4, -0.2) is 33.3 Å². The van der Waals surface area contributed by atoms with Gasteiger partial charge in [-0.05, 0) is 42.4 Å². The van der Waals surface area contributed by atoms with E-state index in [0.717, 1.165) is 37.1 Å². The van der Waals surface area contributed by atoms with Gasteiger partial charge >= 0.3 is 0 Å². The minimum absolute atomic E-state index is 0.383. The predicted octanol–water partition coefficient (Wildman–Crippen LogP) is 3.21. The molecule has 1 aliphatic carbocycles. The summed E-state index contributed by atoms with van der Waals surface area (Å²) in [6.07, 6.45) is 4.99. The maximum absolute atomic E-state index is 5.90. The fraction of sp³-hybridized carbons (Fsp3) is 0.588. The highest BCUT2D eigenvalue weighted by molar-refractivity contribution is 6.30. The Balaban J connectivity index is 1.78. The zero-order valence-corrected chi connectivity index (χ0v) is 14.2. The molecule has 4 nitrogen and oxygen atoms in total. The fourth-order valence-corrected chi connectivity index (χ4v) is 2.92. The number of nitrogens with zero attached hydrogens (tertiary/aromatic N) is 1. The van der Waals surface area contributed by atoms with Crippen LogP contribution < -0.4 is 10.6 Å². The molecule has 0 saturated heterocycles. The zero-order valence-electron chi connectivity index (χ0n) is 13.5. The molecule has 1 aliphatic rings. The second-order valence-electron chi connectivity index (χ2n) is 6.00. The van der Waals surface area contributed by atoms with E-state index < -0.39 is 0 Å². The molecule has 0 amide bonds. The van der Waals surface area contributed by atoms with E-state index in [4.69, 9.17) is 16.3 Å². The van der Waals surface area contributed by atoms with E-state index in [0.29, 0.717) is 5.41 Å². The number of ether oxygens (including phenoxy) is 1. The summed E-state index contributed by atoms with van der Waals surface area (Å²) in [5.74, 6) is 0.846. The van der Waals surface area contributed by atoms with Gasteiger partial charge in [0.25, 0.3) is 0 Å². The van der Waals surface area contributed by atoms with Gasteiger partial charge in [-0.15, -0.1) is 0 Å². The van der Waals surface area contributed by atoms with Crippen molar-refractivity contribution in [1.29, 1.82) is 0 Å². The number of halogens is 1. The van der Waals surface area contributed by atoms with Crippen LogP contribution in [0.5, 0.6) is 0 Å². The molecule has 22 heavy (non-hydrogen) atoms. The van der Waals surface area contributed by atoms with Gasteiger partial charge in [0, 0.05) is 38.9 Å². The van der Waals surface area contributed by atoms with E-state index in [9.17, 15) is 0 Å². The Hall–Kier alpha value is -1.26. The highest BCUT2D eigenvalue weighted by Gasteiger charge is 2.36. The quantitative estimate of drug-likeness (QED) is 0.598. The number of guanidine groups is 1. The summed E-state index contributed by atoms with van der Waals surface area (Å²) in [6.45, 7) is 2.52. The first-order chi connectivity index (χ1) is 10.7. The Morgan fingerprint density at radius 1 is 1.27 bits per heavy atom. The van der Waals surface area contributed by atoms with Gasteiger partial charge in [0.15, 0.2) is 5.96 Å². The molecule has 0 unspecified atom stereocenters. The third-order valence-electron chi connectivity index (χ3n) is 4.48. The lowest BCUT2D eigenvalue weighted by Crippen LogP contribution is -2.46. The molecule has 5 heteroatoms. The van der Waals surface area contributed by atoms with E-state index in [-0.39, 0.29) is 0 Å². The van der Waals surface area contributed by atoms with Crippen molar-refractivity contribution in [2.45, 2.75) is 32.2 Å². The first kappa shape index (κ1) is 17.1. The minimum Gasteiger partial charge on any atom is -0.385 e. The van der Waals surface area contributed by atoms with Crippen molar-refractivity contribution in [2.75, 3.05) is 27.3 Å². The van der Waals surface area contributed by atoms with Gasteiger partial charge in [-0.25, -0.2) is 0 Å². The molecule has 2 N–H and O–H groups in total. The highest BCUT2D eigenvalue weighted by Crippen LogP contribution is 2.43. The Labute approximate surface area is 138 Å². The molecule has 0 heterocycles. The van der Waals surface area contributed by atoms with Crippen LogP contribution in [0.2, 0.25) is 5.02 Å². The molecule has 1 aromatic carbocycles. The van der Waals surface area contributed by atoms with Crippen LogP contribution in [0.15, 0.2) is 29.3 Å².